The van der Waals surface area contributed by atoms with Gasteiger partial charge < -0.3 is 41.3 Å². The predicted octanol–water partition coefficient (Wildman–Crippen LogP) is 9.35. The molecule has 97 heavy (non-hydrogen) atoms. The molecule has 12 atom stereocenters. The van der Waals surface area contributed by atoms with Crippen LogP contribution >= 0.6 is 0 Å². The summed E-state index contributed by atoms with van der Waals surface area (Å²) in [7, 11) is 7.10. The third-order valence-electron chi connectivity index (χ3n) is 19.7. The zero-order valence-electron chi connectivity index (χ0n) is 60.8. The van der Waals surface area contributed by atoms with Crippen LogP contribution in [0.3, 0.4) is 0 Å². The summed E-state index contributed by atoms with van der Waals surface area (Å²) < 4.78 is 6.03. The third kappa shape index (κ3) is 25.7. The molecule has 0 spiro atoms. The second-order valence-electron chi connectivity index (χ2n) is 28.1. The van der Waals surface area contributed by atoms with Gasteiger partial charge in [-0.25, -0.2) is 0 Å². The highest BCUT2D eigenvalue weighted by Gasteiger charge is 2.44. The van der Waals surface area contributed by atoms with Gasteiger partial charge in [-0.05, 0) is 126 Å². The first-order valence-electron chi connectivity index (χ1n) is 35.7. The number of nitrogens with two attached hydrogens (primary N) is 1. The molecule has 2 aliphatic heterocycles. The van der Waals surface area contributed by atoms with Crippen molar-refractivity contribution >= 4 is 64.4 Å². The van der Waals surface area contributed by atoms with Crippen molar-refractivity contribution in [3.63, 3.8) is 0 Å². The molecule has 538 valence electrons. The number of unbranched alkanes of at least 4 members (excludes halogenated alkanes) is 3. The average molecular weight is 1350 g/mol. The lowest BCUT2D eigenvalue weighted by atomic mass is 9.83. The Morgan fingerprint density at radius 3 is 1.88 bits per heavy atom. The predicted molar refractivity (Wildman–Crippen MR) is 380 cm³/mol. The second kappa shape index (κ2) is 42.1. The van der Waals surface area contributed by atoms with Crippen LogP contribution in [-0.2, 0) is 65.5 Å². The molecule has 20 heteroatoms. The topological polar surface area (TPSA) is 275 Å². The van der Waals surface area contributed by atoms with Crippen LogP contribution in [0, 0.1) is 54.3 Å². The summed E-state index contributed by atoms with van der Waals surface area (Å²) in [4.78, 5) is 139. The monoisotopic (exact) mass is 1350 g/mol. The van der Waals surface area contributed by atoms with Crippen molar-refractivity contribution in [1.82, 2.24) is 30.2 Å². The van der Waals surface area contributed by atoms with E-state index in [2.05, 4.69) is 22.9 Å². The van der Waals surface area contributed by atoms with Crippen molar-refractivity contribution in [1.29, 1.82) is 0 Å². The number of nitrogens with zero attached hydrogens (tertiary/aromatic N) is 4. The molecule has 0 aromatic heterocycles. The lowest BCUT2D eigenvalue weighted by molar-refractivity contribution is -0.148. The Kier molecular flexibility index (Phi) is 35.7. The maximum absolute atomic E-state index is 14.3. The van der Waals surface area contributed by atoms with Gasteiger partial charge in [0.1, 0.15) is 11.8 Å². The molecule has 2 heterocycles. The Labute approximate surface area is 579 Å². The van der Waals surface area contributed by atoms with Crippen LogP contribution in [0.15, 0.2) is 84.9 Å². The molecule has 2 unspecified atom stereocenters. The lowest BCUT2D eigenvalue weighted by Gasteiger charge is -2.41. The van der Waals surface area contributed by atoms with E-state index in [0.717, 1.165) is 36.0 Å². The maximum Gasteiger partial charge on any atom is 0.246 e. The van der Waals surface area contributed by atoms with Gasteiger partial charge in [-0.1, -0.05) is 154 Å². The first kappa shape index (κ1) is 82.4. The Morgan fingerprint density at radius 2 is 1.34 bits per heavy atom. The van der Waals surface area contributed by atoms with E-state index in [1.54, 1.807) is 44.7 Å². The fourth-order valence-electron chi connectivity index (χ4n) is 13.8. The molecule has 0 radical (unpaired) electrons. The molecule has 3 aromatic carbocycles. The molecule has 3 aromatic rings. The van der Waals surface area contributed by atoms with Crippen molar-refractivity contribution in [3.05, 3.63) is 102 Å². The fourth-order valence-corrected chi connectivity index (χ4v) is 13.8. The molecule has 5 rings (SSSR count). The standard InChI is InChI=1S/C43H72N4O7.C34H46N4O5/c1-13-29(7)41(46(11)43(53)32(27(3)4)24-37(50)40(28(5)6)45(9)10)38(54-12)25-39(51)47-22-18-21-35(47)33(26-48)30(8)42(52)44-34(36(49)14-2)23-31-19-16-15-17-20-31;1-24-15-17-28(18-16-24)36-33(42)30(14-8-9-19-35)37-32(41)27(22-26-11-5-3-6-12-26)23-29(39)13-7-4-10-20-38-31(40)21-25(2)34(38)43/h15-17,19-20,27-30,32-35,38,40-41,48H,13-14,18,21-26H2,1-12H3,(H,44,52);3,5-6,11-12,15-18,25,27,30H,4,7-10,13-14,19-23,35H2,1-2H3,(H,36,42)(H,37,41)/t29-,30+,32-,33+,34-,35-,38+,40?,41-;25?,27-,30+/m01/s1. The summed E-state index contributed by atoms with van der Waals surface area (Å²) in [6.07, 6.45) is 7.13. The third-order valence-corrected chi connectivity index (χ3v) is 19.7. The Balaban J connectivity index is 0.000000422. The van der Waals surface area contributed by atoms with Gasteiger partial charge in [0, 0.05) is 107 Å². The highest BCUT2D eigenvalue weighted by atomic mass is 16.5. The first-order chi connectivity index (χ1) is 46.1. The van der Waals surface area contributed by atoms with Crippen LogP contribution in [-0.4, -0.2) is 174 Å². The molecule has 7 amide bonds. The van der Waals surface area contributed by atoms with Gasteiger partial charge in [0.25, 0.3) is 0 Å². The molecule has 2 aliphatic rings. The summed E-state index contributed by atoms with van der Waals surface area (Å²) in [6, 6.07) is 24.0. The molecule has 6 N–H and O–H groups in total. The Bertz CT molecular complexity index is 2970. The molecule has 0 saturated carbocycles. The van der Waals surface area contributed by atoms with E-state index in [1.807, 2.05) is 145 Å². The lowest BCUT2D eigenvalue weighted by Crippen LogP contribution is -2.54. The summed E-state index contributed by atoms with van der Waals surface area (Å²) in [6.45, 7) is 20.4. The second-order valence-corrected chi connectivity index (χ2v) is 28.1. The van der Waals surface area contributed by atoms with E-state index in [-0.39, 0.29) is 133 Å². The summed E-state index contributed by atoms with van der Waals surface area (Å²) >= 11 is 0. The normalized spacial score (nSPS) is 17.8. The average Bonchev–Trinajstić information content (AvgIpc) is 1.79. The number of hydrogen-bond donors (Lipinski definition) is 5. The van der Waals surface area contributed by atoms with E-state index in [1.165, 1.54) is 4.90 Å². The number of aryl methyl sites for hydroxylation is 1. The zero-order valence-corrected chi connectivity index (χ0v) is 60.8. The van der Waals surface area contributed by atoms with Crippen LogP contribution in [0.25, 0.3) is 0 Å². The van der Waals surface area contributed by atoms with Gasteiger partial charge in [-0.15, -0.1) is 0 Å². The minimum absolute atomic E-state index is 0.0108. The number of carbonyl (C=O) groups excluding carboxylic acids is 10. The minimum atomic E-state index is -0.757. The van der Waals surface area contributed by atoms with E-state index in [0.29, 0.717) is 83.1 Å². The number of amides is 7. The SMILES string of the molecule is CCC(=O)[C@H](Cc1ccccc1)NC(=O)[C@H](C)[C@@H](CO)[C@@H]1CCCN1C(=O)C[C@@H](OC)[C@H]([C@@H](C)CC)N(C)C(=O)[C@@H](CC(=O)C(C(C)C)N(C)C)C(C)C.Cc1ccc(NC(=O)[C@H](CCCCN)NC(=O)[C@@H](CC(=O)CCCCCN2C(=O)CC(C)C2=O)Cc2ccccc2)cc1. The van der Waals surface area contributed by atoms with Crippen molar-refractivity contribution in [2.24, 2.45) is 53.1 Å². The van der Waals surface area contributed by atoms with Crippen molar-refractivity contribution in [2.45, 2.75) is 215 Å². The fraction of sp³-hybridized carbons (Fsp3) is 0.636. The minimum Gasteiger partial charge on any atom is -0.396 e. The molecular weight excluding hydrogens is 1230 g/mol. The number of likely N-dealkylation sites (N-methyl/N-ethyl adjacent to an activating group) is 2. The van der Waals surface area contributed by atoms with Gasteiger partial charge in [0.2, 0.25) is 41.4 Å². The van der Waals surface area contributed by atoms with E-state index in [9.17, 15) is 53.1 Å². The number of imide groups is 1. The van der Waals surface area contributed by atoms with Crippen LogP contribution in [0.4, 0.5) is 5.69 Å². The molecule has 0 bridgehead atoms. The smallest absolute Gasteiger partial charge is 0.246 e. The number of ketones is 3. The van der Waals surface area contributed by atoms with Gasteiger partial charge in [0.15, 0.2) is 11.6 Å². The quantitative estimate of drug-likeness (QED) is 0.0262. The molecular formula is C77H118N8O12. The number of nitrogens with one attached hydrogen (secondary N) is 3. The Morgan fingerprint density at radius 1 is 0.722 bits per heavy atom. The van der Waals surface area contributed by atoms with Crippen molar-refractivity contribution < 1.29 is 57.8 Å². The number of Topliss-reactive ketones (excluding diaryl/α,β-unsaturated/α-hetero) is 3. The van der Waals surface area contributed by atoms with E-state index in [4.69, 9.17) is 10.5 Å². The number of aliphatic hydroxyl groups excluding tert-OH is 1. The van der Waals surface area contributed by atoms with E-state index < -0.39 is 47.9 Å². The molecule has 2 fully saturated rings. The Hall–Kier alpha value is -7.00. The highest BCUT2D eigenvalue weighted by Crippen LogP contribution is 2.33. The zero-order chi connectivity index (χ0) is 72.1. The van der Waals surface area contributed by atoms with Gasteiger partial charge in [-0.2, -0.15) is 0 Å². The summed E-state index contributed by atoms with van der Waals surface area (Å²) in [5.41, 5.74) is 9.27. The van der Waals surface area contributed by atoms with Gasteiger partial charge >= 0.3 is 0 Å². The molecule has 20 nitrogen and oxygen atoms in total. The summed E-state index contributed by atoms with van der Waals surface area (Å²) in [5, 5.41) is 19.5. The number of rotatable bonds is 41. The van der Waals surface area contributed by atoms with Crippen LogP contribution < -0.4 is 21.7 Å². The number of anilines is 1. The maximum atomic E-state index is 14.3. The van der Waals surface area contributed by atoms with Crippen LogP contribution in [0.1, 0.15) is 175 Å². The number of ether oxygens (including phenoxy) is 1. The number of likely N-dealkylation sites (tertiary alicyclic amines) is 2. The van der Waals surface area contributed by atoms with Crippen LogP contribution in [0.2, 0.25) is 0 Å². The first-order valence-corrected chi connectivity index (χ1v) is 35.7. The number of methoxy groups -OCH3 is 1. The van der Waals surface area contributed by atoms with E-state index >= 15 is 0 Å². The summed E-state index contributed by atoms with van der Waals surface area (Å²) in [5.74, 6) is -4.14. The van der Waals surface area contributed by atoms with Crippen molar-refractivity contribution in [2.75, 3.05) is 59.8 Å². The number of benzene rings is 3. The largest absolute Gasteiger partial charge is 0.396 e. The van der Waals surface area contributed by atoms with Gasteiger partial charge in [0.05, 0.1) is 30.7 Å². The number of hydrogen-bond acceptors (Lipinski definition) is 14. The number of aliphatic hydroxyl groups is 1. The highest BCUT2D eigenvalue weighted by molar-refractivity contribution is 6.03. The molecule has 2 saturated heterocycles. The van der Waals surface area contributed by atoms with Crippen molar-refractivity contribution in [3.8, 4) is 0 Å². The molecule has 0 aliphatic carbocycles. The van der Waals surface area contributed by atoms with Crippen LogP contribution in [0.5, 0.6) is 0 Å². The number of carbonyl (C=O) groups is 10. The van der Waals surface area contributed by atoms with Gasteiger partial charge in [-0.3, -0.25) is 57.7 Å².